The molecule has 0 aliphatic carbocycles. The van der Waals surface area contributed by atoms with Crippen LogP contribution >= 0.6 is 0 Å². The molecule has 0 fully saturated rings. The van der Waals surface area contributed by atoms with Crippen LogP contribution < -0.4 is 5.56 Å². The van der Waals surface area contributed by atoms with Crippen molar-refractivity contribution in [1.29, 1.82) is 0 Å². The first kappa shape index (κ1) is 18.8. The maximum atomic E-state index is 12.0. The highest BCUT2D eigenvalue weighted by atomic mass is 16.6. The Kier molecular flexibility index (Phi) is 6.60. The Morgan fingerprint density at radius 3 is 2.46 bits per heavy atom. The quantitative estimate of drug-likeness (QED) is 0.518. The number of fused-ring (bicyclic) bond motifs is 1. The second kappa shape index (κ2) is 8.42. The van der Waals surface area contributed by atoms with Gasteiger partial charge in [-0.05, 0) is 18.1 Å². The van der Waals surface area contributed by atoms with Gasteiger partial charge in [0.25, 0.3) is 5.56 Å². The molecular formula is C15H19N5O4. The van der Waals surface area contributed by atoms with Crippen molar-refractivity contribution in [2.45, 2.75) is 20.8 Å². The smallest absolute Gasteiger partial charge is 0.264 e. The number of hydrogen-bond acceptors (Lipinski definition) is 6. The lowest BCUT2D eigenvalue weighted by molar-refractivity contribution is -0.445. The van der Waals surface area contributed by atoms with Gasteiger partial charge in [-0.3, -0.25) is 19.9 Å². The Hall–Kier alpha value is -3.23. The Labute approximate surface area is 137 Å². The summed E-state index contributed by atoms with van der Waals surface area (Å²) in [4.78, 5) is 26.7. The summed E-state index contributed by atoms with van der Waals surface area (Å²) in [5.41, 5.74) is 1.39. The number of nitro groups is 1. The van der Waals surface area contributed by atoms with Gasteiger partial charge in [-0.2, -0.15) is 14.6 Å². The molecule has 0 bridgehead atoms. The van der Waals surface area contributed by atoms with Crippen molar-refractivity contribution in [3.8, 4) is 17.0 Å². The van der Waals surface area contributed by atoms with Crippen molar-refractivity contribution in [2.24, 2.45) is 0 Å². The largest absolute Gasteiger partial charge is 0.493 e. The fraction of sp³-hybridized carbons (Fsp3) is 0.267. The van der Waals surface area contributed by atoms with Gasteiger partial charge >= 0.3 is 0 Å². The molecular weight excluding hydrogens is 314 g/mol. The zero-order chi connectivity index (χ0) is 18.3. The van der Waals surface area contributed by atoms with E-state index in [0.717, 1.165) is 12.6 Å². The first-order chi connectivity index (χ1) is 11.4. The van der Waals surface area contributed by atoms with Crippen LogP contribution in [0.3, 0.4) is 0 Å². The molecule has 1 aromatic carbocycles. The van der Waals surface area contributed by atoms with Crippen molar-refractivity contribution in [3.05, 3.63) is 56.6 Å². The van der Waals surface area contributed by atoms with E-state index in [-0.39, 0.29) is 22.8 Å². The summed E-state index contributed by atoms with van der Waals surface area (Å²) in [6.07, 6.45) is 1.27. The average Bonchev–Trinajstić information content (AvgIpc) is 2.99. The van der Waals surface area contributed by atoms with Gasteiger partial charge in [0.1, 0.15) is 11.9 Å². The molecule has 0 unspecified atom stereocenters. The monoisotopic (exact) mass is 333 g/mol. The van der Waals surface area contributed by atoms with E-state index < -0.39 is 4.92 Å². The summed E-state index contributed by atoms with van der Waals surface area (Å²) in [5.74, 6) is 0.00961. The zero-order valence-corrected chi connectivity index (χ0v) is 13.8. The van der Waals surface area contributed by atoms with Crippen LogP contribution in [0, 0.1) is 17.0 Å². The minimum atomic E-state index is -0.500. The molecule has 0 aliphatic heterocycles. The summed E-state index contributed by atoms with van der Waals surface area (Å²) in [6.45, 7) is 5.87. The highest BCUT2D eigenvalue weighted by Gasteiger charge is 2.16. The van der Waals surface area contributed by atoms with Crippen LogP contribution in [0.4, 0.5) is 0 Å². The molecule has 0 amide bonds. The number of aromatic nitrogens is 4. The SMILES string of the molecule is CC.C[N+](=O)[O-].Cc1ccccc1-c1c(O)n2ncnc2[nH]c1=O. The van der Waals surface area contributed by atoms with E-state index in [9.17, 15) is 9.90 Å². The molecule has 2 heterocycles. The van der Waals surface area contributed by atoms with Crippen LogP contribution in [0.25, 0.3) is 16.9 Å². The van der Waals surface area contributed by atoms with Crippen LogP contribution in [0.15, 0.2) is 35.4 Å². The van der Waals surface area contributed by atoms with Crippen molar-refractivity contribution in [2.75, 3.05) is 7.05 Å². The Balaban J connectivity index is 0.000000423. The average molecular weight is 333 g/mol. The summed E-state index contributed by atoms with van der Waals surface area (Å²) in [6, 6.07) is 7.34. The van der Waals surface area contributed by atoms with Crippen LogP contribution in [0.1, 0.15) is 19.4 Å². The van der Waals surface area contributed by atoms with Crippen LogP contribution in [-0.4, -0.2) is 36.7 Å². The third kappa shape index (κ3) is 4.15. The van der Waals surface area contributed by atoms with Gasteiger partial charge in [0.2, 0.25) is 11.7 Å². The van der Waals surface area contributed by atoms with Crippen LogP contribution in [0.2, 0.25) is 0 Å². The zero-order valence-electron chi connectivity index (χ0n) is 13.8. The Morgan fingerprint density at radius 2 is 1.88 bits per heavy atom. The topological polar surface area (TPSA) is 126 Å². The predicted octanol–water partition coefficient (Wildman–Crippen LogP) is 2.02. The van der Waals surface area contributed by atoms with Gasteiger partial charge in [0, 0.05) is 4.92 Å². The normalized spacial score (nSPS) is 9.50. The lowest BCUT2D eigenvalue weighted by atomic mass is 10.0. The molecule has 0 aliphatic rings. The van der Waals surface area contributed by atoms with E-state index in [1.54, 1.807) is 6.07 Å². The van der Waals surface area contributed by atoms with Crippen molar-refractivity contribution in [1.82, 2.24) is 19.6 Å². The van der Waals surface area contributed by atoms with Crippen molar-refractivity contribution >= 4 is 5.78 Å². The van der Waals surface area contributed by atoms with E-state index in [1.165, 1.54) is 10.8 Å². The van der Waals surface area contributed by atoms with E-state index in [4.69, 9.17) is 10.1 Å². The minimum Gasteiger partial charge on any atom is -0.493 e. The number of nitrogens with one attached hydrogen (secondary N) is 1. The fourth-order valence-corrected chi connectivity index (χ4v) is 1.95. The predicted molar refractivity (Wildman–Crippen MR) is 89.7 cm³/mol. The molecule has 9 nitrogen and oxygen atoms in total. The number of nitrogens with zero attached hydrogens (tertiary/aromatic N) is 4. The molecule has 0 spiro atoms. The molecule has 0 radical (unpaired) electrons. The maximum absolute atomic E-state index is 12.0. The van der Waals surface area contributed by atoms with Gasteiger partial charge in [-0.15, -0.1) is 0 Å². The summed E-state index contributed by atoms with van der Waals surface area (Å²) < 4.78 is 1.20. The number of H-pyrrole nitrogens is 1. The summed E-state index contributed by atoms with van der Waals surface area (Å²) in [5, 5.41) is 22.8. The van der Waals surface area contributed by atoms with Gasteiger partial charge in [-0.25, -0.2) is 0 Å². The lowest BCUT2D eigenvalue weighted by Gasteiger charge is -2.07. The molecule has 3 rings (SSSR count). The summed E-state index contributed by atoms with van der Waals surface area (Å²) in [7, 11) is 0.889. The first-order valence-electron chi connectivity index (χ1n) is 7.20. The highest BCUT2D eigenvalue weighted by Crippen LogP contribution is 2.27. The molecule has 3 aromatic rings. The lowest BCUT2D eigenvalue weighted by Crippen LogP contribution is -2.13. The van der Waals surface area contributed by atoms with Gasteiger partial charge in [-0.1, -0.05) is 38.1 Å². The molecule has 2 N–H and O–H groups in total. The first-order valence-corrected chi connectivity index (χ1v) is 7.20. The van der Waals surface area contributed by atoms with Gasteiger partial charge in [0.05, 0.1) is 0 Å². The fourth-order valence-electron chi connectivity index (χ4n) is 1.95. The van der Waals surface area contributed by atoms with E-state index >= 15 is 0 Å². The van der Waals surface area contributed by atoms with E-state index in [2.05, 4.69) is 15.1 Å². The van der Waals surface area contributed by atoms with Crippen LogP contribution in [-0.2, 0) is 0 Å². The van der Waals surface area contributed by atoms with Gasteiger partial charge < -0.3 is 5.11 Å². The molecule has 9 heteroatoms. The molecule has 0 saturated heterocycles. The van der Waals surface area contributed by atoms with Gasteiger partial charge in [0.15, 0.2) is 7.05 Å². The van der Waals surface area contributed by atoms with E-state index in [0.29, 0.717) is 5.56 Å². The molecule has 24 heavy (non-hydrogen) atoms. The molecule has 0 atom stereocenters. The maximum Gasteiger partial charge on any atom is 0.264 e. The number of hydrogen-bond donors (Lipinski definition) is 2. The minimum absolute atomic E-state index is 0.200. The number of aromatic hydroxyl groups is 1. The Bertz CT molecular complexity index is 881. The van der Waals surface area contributed by atoms with E-state index in [1.807, 2.05) is 39.0 Å². The van der Waals surface area contributed by atoms with Crippen molar-refractivity contribution in [3.63, 3.8) is 0 Å². The standard InChI is InChI=1S/C12H10N4O2.C2H6.CH3NO2/c1-7-4-2-3-5-8(7)9-10(17)15-12-13-6-14-16(12)11(9)18;1-2;1-2(3)4/h2-6,18H,1H3,(H,13,14,15,17);1-2H3;1H3. The highest BCUT2D eigenvalue weighted by molar-refractivity contribution is 5.71. The second-order valence-corrected chi connectivity index (χ2v) is 4.40. The number of rotatable bonds is 1. The second-order valence-electron chi connectivity index (χ2n) is 4.40. The molecule has 128 valence electrons. The van der Waals surface area contributed by atoms with Crippen molar-refractivity contribution < 1.29 is 10.0 Å². The summed E-state index contributed by atoms with van der Waals surface area (Å²) >= 11 is 0. The number of aryl methyl sites for hydroxylation is 1. The third-order valence-corrected chi connectivity index (χ3v) is 2.84. The Morgan fingerprint density at radius 1 is 1.29 bits per heavy atom. The number of aromatic amines is 1. The molecule has 0 saturated carbocycles. The van der Waals surface area contributed by atoms with Crippen LogP contribution in [0.5, 0.6) is 5.88 Å². The third-order valence-electron chi connectivity index (χ3n) is 2.84. The molecule has 2 aromatic heterocycles. The number of benzene rings is 1.